The van der Waals surface area contributed by atoms with Gasteiger partial charge in [0, 0.05) is 57.8 Å². The summed E-state index contributed by atoms with van der Waals surface area (Å²) in [6, 6.07) is 16.3. The van der Waals surface area contributed by atoms with Gasteiger partial charge in [-0.3, -0.25) is 19.6 Å². The van der Waals surface area contributed by atoms with Gasteiger partial charge in [-0.15, -0.1) is 10.2 Å². The summed E-state index contributed by atoms with van der Waals surface area (Å²) in [5, 5.41) is 33.6. The van der Waals surface area contributed by atoms with E-state index >= 15 is 0 Å². The smallest absolute Gasteiger partial charge is 0.296 e. The number of aliphatic imine (C=N–C) groups is 1. The summed E-state index contributed by atoms with van der Waals surface area (Å²) >= 11 is 1.10. The number of hydrogen-bond donors (Lipinski definition) is 7. The Morgan fingerprint density at radius 3 is 2.15 bits per heavy atom. The van der Waals surface area contributed by atoms with Gasteiger partial charge in [0.05, 0.1) is 27.5 Å². The Morgan fingerprint density at radius 2 is 1.54 bits per heavy atom. The molecular formula is C43H56N14O6S2. The van der Waals surface area contributed by atoms with E-state index in [-0.39, 0.29) is 28.3 Å². The van der Waals surface area contributed by atoms with Crippen LogP contribution in [0.5, 0.6) is 0 Å². The Kier molecular flexibility index (Phi) is 17.7. The van der Waals surface area contributed by atoms with Gasteiger partial charge in [-0.2, -0.15) is 23.5 Å². The predicted octanol–water partition coefficient (Wildman–Crippen LogP) is 8.77. The summed E-state index contributed by atoms with van der Waals surface area (Å²) in [4.78, 5) is 42.0. The first kappa shape index (κ1) is 49.4. The summed E-state index contributed by atoms with van der Waals surface area (Å²) < 4.78 is 39.5. The molecule has 0 aliphatic carbocycles. The molecule has 4 aromatic rings. The fourth-order valence-electron chi connectivity index (χ4n) is 6.83. The third-order valence-corrected chi connectivity index (χ3v) is 12.0. The highest BCUT2D eigenvalue weighted by Crippen LogP contribution is 2.38. The maximum atomic E-state index is 13.6. The van der Waals surface area contributed by atoms with Crippen molar-refractivity contribution in [2.75, 3.05) is 83.8 Å². The quantitative estimate of drug-likeness (QED) is 0.00678. The van der Waals surface area contributed by atoms with E-state index in [9.17, 15) is 22.6 Å². The number of ether oxygens (including phenoxy) is 1. The van der Waals surface area contributed by atoms with Crippen molar-refractivity contribution < 1.29 is 27.3 Å². The van der Waals surface area contributed by atoms with Gasteiger partial charge in [0.2, 0.25) is 17.1 Å². The lowest BCUT2D eigenvalue weighted by atomic mass is 10.1. The number of thiazole rings is 1. The molecule has 1 fully saturated rings. The number of anilines is 6. The first-order valence-electron chi connectivity index (χ1n) is 21.1. The van der Waals surface area contributed by atoms with Crippen LogP contribution in [0.2, 0.25) is 0 Å². The van der Waals surface area contributed by atoms with Crippen molar-refractivity contribution in [1.29, 1.82) is 10.9 Å². The number of para-hydroxylation sites is 1. The van der Waals surface area contributed by atoms with Crippen LogP contribution in [0.25, 0.3) is 6.08 Å². The summed E-state index contributed by atoms with van der Waals surface area (Å²) in [6.45, 7) is 13.7. The number of hydrogen-bond acceptors (Lipinski definition) is 15. The van der Waals surface area contributed by atoms with Crippen LogP contribution >= 0.6 is 11.3 Å². The Hall–Kier alpha value is -6.62. The molecule has 1 aliphatic heterocycles. The number of Topliss-reactive ketones (excluding diaryl/α,β-unsaturated/α-hetero) is 1. The van der Waals surface area contributed by atoms with Gasteiger partial charge in [0.1, 0.15) is 28.8 Å². The first-order valence-corrected chi connectivity index (χ1v) is 23.4. The van der Waals surface area contributed by atoms with E-state index in [1.807, 2.05) is 43.0 Å². The zero-order valence-corrected chi connectivity index (χ0v) is 38.9. The van der Waals surface area contributed by atoms with Crippen LogP contribution < -0.4 is 36.0 Å². The molecule has 7 N–H and O–H groups in total. The van der Waals surface area contributed by atoms with E-state index in [1.54, 1.807) is 19.2 Å². The Labute approximate surface area is 383 Å². The summed E-state index contributed by atoms with van der Waals surface area (Å²) in [5.74, 6) is -1.00. The molecule has 0 spiro atoms. The van der Waals surface area contributed by atoms with E-state index in [4.69, 9.17) is 20.7 Å². The minimum Gasteiger partial charge on any atom is -0.372 e. The van der Waals surface area contributed by atoms with Crippen LogP contribution in [0.15, 0.2) is 91.5 Å². The maximum Gasteiger partial charge on any atom is 0.296 e. The lowest BCUT2D eigenvalue weighted by Crippen LogP contribution is -2.30. The van der Waals surface area contributed by atoms with E-state index in [2.05, 4.69) is 65.2 Å². The van der Waals surface area contributed by atoms with Crippen LogP contribution in [0.3, 0.4) is 0 Å². The summed E-state index contributed by atoms with van der Waals surface area (Å²) in [5.41, 5.74) is 10.6. The highest BCUT2D eigenvalue weighted by atomic mass is 32.2. The minimum atomic E-state index is -4.68. The molecule has 0 unspecified atom stereocenters. The van der Waals surface area contributed by atoms with Crippen molar-refractivity contribution in [2.45, 2.75) is 58.8 Å². The Bertz CT molecular complexity index is 2550. The maximum absolute atomic E-state index is 13.6. The molecular weight excluding hydrogens is 873 g/mol. The number of aromatic nitrogens is 1. The second-order valence-corrected chi connectivity index (χ2v) is 16.8. The fourth-order valence-corrected chi connectivity index (χ4v) is 8.33. The van der Waals surface area contributed by atoms with Gasteiger partial charge in [-0.25, -0.2) is 5.53 Å². The monoisotopic (exact) mass is 928 g/mol. The van der Waals surface area contributed by atoms with Crippen molar-refractivity contribution >= 4 is 102 Å². The number of azo groups is 1. The third kappa shape index (κ3) is 13.2. The molecule has 1 amide bonds. The SMILES string of the molecule is CCOCN(CC)c1ccc(N=Nc2nc(N3CCCCC3)c(/C=C(\C(C)=O)C(=O)Nc3ccccc3S(=O)(=O)O)s2)c(NC(=N)N=C(NC)Nc2cc(N(CC)CC)ccc2N=N)c1. The topological polar surface area (TPSA) is 266 Å². The number of guanidine groups is 2. The van der Waals surface area contributed by atoms with Crippen LogP contribution in [0.4, 0.5) is 50.8 Å². The third-order valence-electron chi connectivity index (χ3n) is 10.2. The molecule has 1 aromatic heterocycles. The fraction of sp³-hybridized carbons (Fsp3) is 0.372. The second kappa shape index (κ2) is 23.4. The molecule has 22 heteroatoms. The number of benzene rings is 3. The molecule has 2 heterocycles. The number of amides is 1. The van der Waals surface area contributed by atoms with E-state index in [1.165, 1.54) is 31.2 Å². The molecule has 1 aliphatic rings. The molecule has 1 saturated heterocycles. The Morgan fingerprint density at radius 1 is 0.892 bits per heavy atom. The lowest BCUT2D eigenvalue weighted by Gasteiger charge is -2.27. The van der Waals surface area contributed by atoms with Crippen molar-refractivity contribution in [2.24, 2.45) is 20.3 Å². The van der Waals surface area contributed by atoms with Gasteiger partial charge in [0.25, 0.3) is 16.0 Å². The standard InChI is InChI=1S/C43H56N14O6S2/c1-7-55(8-2)29-18-20-32(52-45)35(24-29)49-42(46-6)51-41(44)48-36-25-30(56(9-3)27-63-10-4)19-21-33(36)53-54-43-50-39(57-22-14-11-15-23-57)37(64-43)26-31(28(5)58)40(59)47-34-16-12-13-17-38(34)65(60,61)62/h12-13,16-21,24-26,45H,7-11,14-15,22-23,27H2,1-6H3,(H,47,59)(H,60,61,62)(H4,44,46,48,49,51)/b31-26+,52-45?,54-53?. The largest absolute Gasteiger partial charge is 0.372 e. The zero-order valence-electron chi connectivity index (χ0n) is 37.3. The van der Waals surface area contributed by atoms with Crippen molar-refractivity contribution in [3.8, 4) is 0 Å². The number of ketones is 1. The van der Waals surface area contributed by atoms with Gasteiger partial charge in [0.15, 0.2) is 5.78 Å². The molecule has 65 heavy (non-hydrogen) atoms. The predicted molar refractivity (Wildman–Crippen MR) is 258 cm³/mol. The molecule has 0 atom stereocenters. The highest BCUT2D eigenvalue weighted by Gasteiger charge is 2.24. The molecule has 3 aromatic carbocycles. The number of carbonyl (C=O) groups excluding carboxylic acids is 2. The van der Waals surface area contributed by atoms with Crippen molar-refractivity contribution in [3.05, 3.63) is 71.1 Å². The highest BCUT2D eigenvalue weighted by molar-refractivity contribution is 7.86. The number of nitrogens with one attached hydrogen (secondary N) is 6. The summed E-state index contributed by atoms with van der Waals surface area (Å²) in [7, 11) is -3.03. The molecule has 0 saturated carbocycles. The van der Waals surface area contributed by atoms with Gasteiger partial charge in [-0.05, 0) is 108 Å². The van der Waals surface area contributed by atoms with E-state index < -0.39 is 26.7 Å². The van der Waals surface area contributed by atoms with Crippen LogP contribution in [-0.4, -0.2) is 94.7 Å². The normalized spacial score (nSPS) is 13.4. The average molecular weight is 929 g/mol. The minimum absolute atomic E-state index is 0.190. The number of piperidine rings is 1. The van der Waals surface area contributed by atoms with Crippen LogP contribution in [0, 0.1) is 10.9 Å². The molecule has 5 rings (SSSR count). The average Bonchev–Trinajstić information content (AvgIpc) is 3.71. The molecule has 20 nitrogen and oxygen atoms in total. The molecule has 0 radical (unpaired) electrons. The number of rotatable bonds is 19. The molecule has 0 bridgehead atoms. The number of nitrogens with zero attached hydrogens (tertiary/aromatic N) is 8. The Balaban J connectivity index is 1.51. The van der Waals surface area contributed by atoms with Crippen LogP contribution in [-0.2, 0) is 24.4 Å². The first-order chi connectivity index (χ1) is 31.2. The van der Waals surface area contributed by atoms with E-state index in [0.29, 0.717) is 66.4 Å². The summed E-state index contributed by atoms with van der Waals surface area (Å²) in [6.07, 6.45) is 4.26. The van der Waals surface area contributed by atoms with E-state index in [0.717, 1.165) is 61.1 Å². The van der Waals surface area contributed by atoms with Crippen molar-refractivity contribution in [3.63, 3.8) is 0 Å². The van der Waals surface area contributed by atoms with Gasteiger partial charge in [-0.1, -0.05) is 23.5 Å². The number of carbonyl (C=O) groups is 2. The molecule has 346 valence electrons. The van der Waals surface area contributed by atoms with Gasteiger partial charge < -0.3 is 40.7 Å². The second-order valence-electron chi connectivity index (χ2n) is 14.4. The van der Waals surface area contributed by atoms with Crippen molar-refractivity contribution in [1.82, 2.24) is 10.3 Å². The zero-order chi connectivity index (χ0) is 47.1. The lowest BCUT2D eigenvalue weighted by molar-refractivity contribution is -0.118. The van der Waals surface area contributed by atoms with Gasteiger partial charge >= 0.3 is 0 Å². The van der Waals surface area contributed by atoms with Crippen LogP contribution in [0.1, 0.15) is 58.8 Å².